The number of nitrogens with one attached hydrogen (secondary N) is 1. The number of hydrogen-bond acceptors (Lipinski definition) is 3. The number of rotatable bonds is 9. The molecule has 0 spiro atoms. The van der Waals surface area contributed by atoms with Crippen molar-refractivity contribution in [1.29, 1.82) is 0 Å². The van der Waals surface area contributed by atoms with Crippen molar-refractivity contribution < 1.29 is 0 Å². The Morgan fingerprint density at radius 1 is 1.18 bits per heavy atom. The Morgan fingerprint density at radius 2 is 1.88 bits per heavy atom. The second kappa shape index (κ2) is 7.83. The largest absolute Gasteiger partial charge is 0.306 e. The van der Waals surface area contributed by atoms with Crippen molar-refractivity contribution in [3.05, 3.63) is 16.6 Å². The van der Waals surface area contributed by atoms with Gasteiger partial charge in [0, 0.05) is 11.6 Å². The van der Waals surface area contributed by atoms with Gasteiger partial charge in [-0.3, -0.25) is 0 Å². The molecule has 0 bridgehead atoms. The molecular weight excluding hydrogens is 228 g/mol. The molecule has 0 fully saturated rings. The van der Waals surface area contributed by atoms with Gasteiger partial charge in [0.2, 0.25) is 0 Å². The Morgan fingerprint density at radius 3 is 2.53 bits per heavy atom. The van der Waals surface area contributed by atoms with Crippen LogP contribution in [0.5, 0.6) is 0 Å². The number of aromatic nitrogens is 1. The van der Waals surface area contributed by atoms with E-state index in [1.165, 1.54) is 43.5 Å². The second-order valence-electron chi connectivity index (χ2n) is 5.16. The van der Waals surface area contributed by atoms with Crippen molar-refractivity contribution in [3.8, 4) is 0 Å². The van der Waals surface area contributed by atoms with Gasteiger partial charge in [-0.15, -0.1) is 11.3 Å². The molecule has 1 aromatic heterocycles. The zero-order valence-corrected chi connectivity index (χ0v) is 12.3. The molecule has 2 nitrogen and oxygen atoms in total. The first-order valence-corrected chi connectivity index (χ1v) is 7.70. The van der Waals surface area contributed by atoms with Gasteiger partial charge in [0.05, 0.1) is 5.54 Å². The van der Waals surface area contributed by atoms with Gasteiger partial charge in [0.15, 0.2) is 0 Å². The van der Waals surface area contributed by atoms with E-state index in [0.29, 0.717) is 0 Å². The van der Waals surface area contributed by atoms with Crippen LogP contribution in [0.15, 0.2) is 11.6 Å². The van der Waals surface area contributed by atoms with Gasteiger partial charge in [-0.05, 0) is 26.8 Å². The Bertz CT molecular complexity index is 280. The molecule has 0 aliphatic carbocycles. The first-order valence-electron chi connectivity index (χ1n) is 6.82. The minimum Gasteiger partial charge on any atom is -0.306 e. The summed E-state index contributed by atoms with van der Waals surface area (Å²) >= 11 is 1.73. The molecule has 3 heteroatoms. The van der Waals surface area contributed by atoms with E-state index in [-0.39, 0.29) is 5.54 Å². The predicted octanol–water partition coefficient (Wildman–Crippen LogP) is 4.33. The van der Waals surface area contributed by atoms with Gasteiger partial charge < -0.3 is 5.32 Å². The van der Waals surface area contributed by atoms with Crippen molar-refractivity contribution in [3.63, 3.8) is 0 Å². The first-order chi connectivity index (χ1) is 8.17. The maximum Gasteiger partial charge on any atom is 0.112 e. The lowest BCUT2D eigenvalue weighted by Gasteiger charge is -2.23. The molecule has 1 heterocycles. The average Bonchev–Trinajstić information content (AvgIpc) is 2.82. The second-order valence-corrected chi connectivity index (χ2v) is 6.05. The fourth-order valence-electron chi connectivity index (χ4n) is 1.91. The highest BCUT2D eigenvalue weighted by Gasteiger charge is 2.21. The van der Waals surface area contributed by atoms with Crippen molar-refractivity contribution in [2.24, 2.45) is 0 Å². The summed E-state index contributed by atoms with van der Waals surface area (Å²) in [7, 11) is 0. The van der Waals surface area contributed by atoms with Gasteiger partial charge in [-0.2, -0.15) is 0 Å². The number of hydrogen-bond donors (Lipinski definition) is 1. The quantitative estimate of drug-likeness (QED) is 0.664. The van der Waals surface area contributed by atoms with Gasteiger partial charge in [0.1, 0.15) is 5.01 Å². The van der Waals surface area contributed by atoms with Crippen LogP contribution in [-0.2, 0) is 5.54 Å². The zero-order chi connectivity index (χ0) is 12.6. The molecule has 0 unspecified atom stereocenters. The molecule has 0 atom stereocenters. The standard InChI is InChI=1S/C14H26N2S/c1-4-5-6-7-8-9-10-16-14(2,3)13-15-11-12-17-13/h11-12,16H,4-10H2,1-3H3. The molecule has 0 aliphatic heterocycles. The molecule has 98 valence electrons. The van der Waals surface area contributed by atoms with Gasteiger partial charge in [0.25, 0.3) is 0 Å². The zero-order valence-electron chi connectivity index (χ0n) is 11.5. The Balaban J connectivity index is 2.10. The molecule has 1 rings (SSSR count). The van der Waals surface area contributed by atoms with Gasteiger partial charge in [-0.25, -0.2) is 4.98 Å². The van der Waals surface area contributed by atoms with E-state index in [4.69, 9.17) is 0 Å². The summed E-state index contributed by atoms with van der Waals surface area (Å²) in [5.74, 6) is 0. The lowest BCUT2D eigenvalue weighted by molar-refractivity contribution is 0.393. The van der Waals surface area contributed by atoms with Crippen molar-refractivity contribution >= 4 is 11.3 Å². The first kappa shape index (κ1) is 14.7. The summed E-state index contributed by atoms with van der Waals surface area (Å²) in [6.07, 6.45) is 10.0. The molecule has 0 aliphatic rings. The Hall–Kier alpha value is -0.410. The molecular formula is C14H26N2S. The third-order valence-electron chi connectivity index (χ3n) is 3.06. The topological polar surface area (TPSA) is 24.9 Å². The highest BCUT2D eigenvalue weighted by atomic mass is 32.1. The minimum absolute atomic E-state index is 0.0254. The molecule has 0 saturated heterocycles. The third kappa shape index (κ3) is 5.64. The van der Waals surface area contributed by atoms with E-state index in [1.54, 1.807) is 11.3 Å². The van der Waals surface area contributed by atoms with Crippen LogP contribution in [0, 0.1) is 0 Å². The number of unbranched alkanes of at least 4 members (excludes halogenated alkanes) is 5. The maximum atomic E-state index is 4.38. The van der Waals surface area contributed by atoms with Crippen LogP contribution in [0.25, 0.3) is 0 Å². The van der Waals surface area contributed by atoms with E-state index in [9.17, 15) is 0 Å². The molecule has 1 aromatic rings. The predicted molar refractivity (Wildman–Crippen MR) is 76.5 cm³/mol. The molecule has 1 N–H and O–H groups in total. The number of thiazole rings is 1. The average molecular weight is 254 g/mol. The number of nitrogens with zero attached hydrogens (tertiary/aromatic N) is 1. The van der Waals surface area contributed by atoms with Crippen LogP contribution in [0.2, 0.25) is 0 Å². The van der Waals surface area contributed by atoms with Crippen molar-refractivity contribution in [1.82, 2.24) is 10.3 Å². The third-order valence-corrected chi connectivity index (χ3v) is 4.16. The lowest BCUT2D eigenvalue weighted by Crippen LogP contribution is -2.37. The minimum atomic E-state index is 0.0254. The van der Waals surface area contributed by atoms with Crippen LogP contribution >= 0.6 is 11.3 Å². The highest BCUT2D eigenvalue weighted by Crippen LogP contribution is 2.21. The lowest BCUT2D eigenvalue weighted by atomic mass is 10.1. The molecule has 0 radical (unpaired) electrons. The van der Waals surface area contributed by atoms with Crippen LogP contribution in [0.3, 0.4) is 0 Å². The van der Waals surface area contributed by atoms with Crippen molar-refractivity contribution in [2.75, 3.05) is 6.54 Å². The fourth-order valence-corrected chi connectivity index (χ4v) is 2.65. The fraction of sp³-hybridized carbons (Fsp3) is 0.786. The van der Waals surface area contributed by atoms with Crippen LogP contribution in [0.4, 0.5) is 0 Å². The smallest absolute Gasteiger partial charge is 0.112 e. The molecule has 0 saturated carbocycles. The van der Waals surface area contributed by atoms with E-state index < -0.39 is 0 Å². The summed E-state index contributed by atoms with van der Waals surface area (Å²) in [4.78, 5) is 4.38. The monoisotopic (exact) mass is 254 g/mol. The van der Waals surface area contributed by atoms with Gasteiger partial charge in [-0.1, -0.05) is 39.0 Å². The SMILES string of the molecule is CCCCCCCCNC(C)(C)c1nccs1. The van der Waals surface area contributed by atoms with Crippen LogP contribution in [-0.4, -0.2) is 11.5 Å². The molecule has 17 heavy (non-hydrogen) atoms. The summed E-state index contributed by atoms with van der Waals surface area (Å²) in [6, 6.07) is 0. The highest BCUT2D eigenvalue weighted by molar-refractivity contribution is 7.09. The molecule has 0 aromatic carbocycles. The van der Waals surface area contributed by atoms with Gasteiger partial charge >= 0.3 is 0 Å². The summed E-state index contributed by atoms with van der Waals surface area (Å²) < 4.78 is 0. The Labute approximate surface area is 110 Å². The summed E-state index contributed by atoms with van der Waals surface area (Å²) in [6.45, 7) is 7.78. The normalized spacial score (nSPS) is 11.9. The van der Waals surface area contributed by atoms with E-state index >= 15 is 0 Å². The van der Waals surface area contributed by atoms with Crippen LogP contribution < -0.4 is 5.32 Å². The van der Waals surface area contributed by atoms with E-state index in [0.717, 1.165) is 6.54 Å². The molecule has 0 amide bonds. The maximum absolute atomic E-state index is 4.38. The Kier molecular flexibility index (Phi) is 6.75. The van der Waals surface area contributed by atoms with E-state index in [1.807, 2.05) is 11.6 Å². The van der Waals surface area contributed by atoms with Crippen molar-refractivity contribution in [2.45, 2.75) is 64.8 Å². The van der Waals surface area contributed by atoms with E-state index in [2.05, 4.69) is 31.1 Å². The van der Waals surface area contributed by atoms with Crippen LogP contribution in [0.1, 0.15) is 64.3 Å². The summed E-state index contributed by atoms with van der Waals surface area (Å²) in [5, 5.41) is 6.83. The summed E-state index contributed by atoms with van der Waals surface area (Å²) in [5.41, 5.74) is 0.0254.